The molecule has 2 fully saturated rings. The lowest BCUT2D eigenvalue weighted by atomic mass is 9.81. The van der Waals surface area contributed by atoms with E-state index in [1.54, 1.807) is 7.11 Å². The van der Waals surface area contributed by atoms with Crippen LogP contribution in [0.4, 0.5) is 17.1 Å². The molecule has 1 saturated carbocycles. The van der Waals surface area contributed by atoms with Crippen LogP contribution in [0.5, 0.6) is 5.75 Å². The minimum Gasteiger partial charge on any atom is -0.497 e. The van der Waals surface area contributed by atoms with Crippen LogP contribution >= 0.6 is 0 Å². The smallest absolute Gasteiger partial charge is 0.253 e. The Labute approximate surface area is 188 Å². The molecule has 1 saturated heterocycles. The summed E-state index contributed by atoms with van der Waals surface area (Å²) in [4.78, 5) is 39.0. The van der Waals surface area contributed by atoms with Gasteiger partial charge in [0.25, 0.3) is 10.9 Å². The fraction of sp³-hybridized carbons (Fsp3) is 0.560. The van der Waals surface area contributed by atoms with Gasteiger partial charge in [0.15, 0.2) is 0 Å². The van der Waals surface area contributed by atoms with Gasteiger partial charge in [-0.3, -0.25) is 14.4 Å². The molecule has 0 aromatic heterocycles. The lowest BCUT2D eigenvalue weighted by Crippen LogP contribution is -2.45. The first-order valence-corrected chi connectivity index (χ1v) is 11.7. The summed E-state index contributed by atoms with van der Waals surface area (Å²) in [6.45, 7) is 4.59. The lowest BCUT2D eigenvalue weighted by molar-refractivity contribution is -0.121. The van der Waals surface area contributed by atoms with Crippen LogP contribution in [0.3, 0.4) is 0 Å². The van der Waals surface area contributed by atoms with Gasteiger partial charge in [-0.15, -0.1) is 0 Å². The number of anilines is 3. The van der Waals surface area contributed by atoms with E-state index in [0.717, 1.165) is 63.1 Å². The molecule has 1 heterocycles. The predicted molar refractivity (Wildman–Crippen MR) is 128 cm³/mol. The van der Waals surface area contributed by atoms with Crippen LogP contribution in [-0.2, 0) is 4.79 Å². The second-order valence-electron chi connectivity index (χ2n) is 9.37. The Hall–Kier alpha value is -2.83. The third-order valence-corrected chi connectivity index (χ3v) is 7.13. The van der Waals surface area contributed by atoms with Gasteiger partial charge in [0.1, 0.15) is 17.1 Å². The zero-order chi connectivity index (χ0) is 22.7. The van der Waals surface area contributed by atoms with Crippen LogP contribution in [0.2, 0.25) is 0 Å². The number of carbonyl (C=O) groups is 1. The Morgan fingerprint density at radius 2 is 1.66 bits per heavy atom. The maximum atomic E-state index is 12.6. The van der Waals surface area contributed by atoms with E-state index in [1.165, 1.54) is 0 Å². The van der Waals surface area contributed by atoms with Crippen molar-refractivity contribution in [3.63, 3.8) is 0 Å². The van der Waals surface area contributed by atoms with Crippen molar-refractivity contribution < 1.29 is 9.53 Å². The highest BCUT2D eigenvalue weighted by Gasteiger charge is 2.30. The molecule has 1 aliphatic heterocycles. The van der Waals surface area contributed by atoms with Gasteiger partial charge in [-0.1, -0.05) is 6.92 Å². The van der Waals surface area contributed by atoms with Crippen molar-refractivity contribution in [3.05, 3.63) is 44.7 Å². The molecule has 1 aliphatic carbocycles. The van der Waals surface area contributed by atoms with Crippen LogP contribution in [0, 0.1) is 17.8 Å². The number of piperidine rings is 1. The van der Waals surface area contributed by atoms with Gasteiger partial charge < -0.3 is 20.3 Å². The number of nitrogens with zero attached hydrogens (tertiary/aromatic N) is 1. The maximum absolute atomic E-state index is 12.6. The molecular formula is C25H33N3O4. The summed E-state index contributed by atoms with van der Waals surface area (Å²) in [6.07, 6.45) is 5.63. The molecule has 0 unspecified atom stereocenters. The van der Waals surface area contributed by atoms with Gasteiger partial charge in [0.05, 0.1) is 7.11 Å². The fourth-order valence-electron chi connectivity index (χ4n) is 4.87. The molecule has 0 spiro atoms. The Kier molecular flexibility index (Phi) is 6.82. The van der Waals surface area contributed by atoms with E-state index in [2.05, 4.69) is 22.5 Å². The first-order chi connectivity index (χ1) is 15.5. The van der Waals surface area contributed by atoms with Gasteiger partial charge in [0.2, 0.25) is 5.91 Å². The summed E-state index contributed by atoms with van der Waals surface area (Å²) in [5.74, 6) is 1.90. The van der Waals surface area contributed by atoms with Crippen LogP contribution in [0.1, 0.15) is 45.4 Å². The Morgan fingerprint density at radius 1 is 1.00 bits per heavy atom. The third kappa shape index (κ3) is 4.81. The third-order valence-electron chi connectivity index (χ3n) is 7.13. The van der Waals surface area contributed by atoms with Crippen LogP contribution in [0.25, 0.3) is 0 Å². The molecule has 1 amide bonds. The van der Waals surface area contributed by atoms with E-state index in [0.29, 0.717) is 29.8 Å². The summed E-state index contributed by atoms with van der Waals surface area (Å²) in [5.41, 5.74) is 1.14. The number of benzene rings is 1. The molecule has 32 heavy (non-hydrogen) atoms. The van der Waals surface area contributed by atoms with E-state index in [-0.39, 0.29) is 22.7 Å². The highest BCUT2D eigenvalue weighted by Crippen LogP contribution is 2.31. The molecule has 172 valence electrons. The monoisotopic (exact) mass is 439 g/mol. The Morgan fingerprint density at radius 3 is 2.28 bits per heavy atom. The van der Waals surface area contributed by atoms with Crippen molar-refractivity contribution in [2.24, 2.45) is 17.8 Å². The average Bonchev–Trinajstić information content (AvgIpc) is 2.83. The number of methoxy groups -OCH3 is 1. The molecule has 2 aromatic carbocycles. The molecule has 2 aromatic rings. The number of amides is 1. The predicted octanol–water partition coefficient (Wildman–Crippen LogP) is 3.38. The van der Waals surface area contributed by atoms with Gasteiger partial charge in [-0.25, -0.2) is 0 Å². The second-order valence-corrected chi connectivity index (χ2v) is 9.37. The van der Waals surface area contributed by atoms with Gasteiger partial charge in [-0.2, -0.15) is 0 Å². The first kappa shape index (κ1) is 22.4. The van der Waals surface area contributed by atoms with Crippen LogP contribution in [-0.4, -0.2) is 32.7 Å². The summed E-state index contributed by atoms with van der Waals surface area (Å²) < 4.78 is 5.15. The van der Waals surface area contributed by atoms with E-state index >= 15 is 0 Å². The van der Waals surface area contributed by atoms with E-state index < -0.39 is 0 Å². The average molecular weight is 440 g/mol. The van der Waals surface area contributed by atoms with E-state index in [1.807, 2.05) is 24.3 Å². The van der Waals surface area contributed by atoms with Crippen molar-refractivity contribution in [1.29, 1.82) is 0 Å². The number of nitrogens with one attached hydrogen (secondary N) is 2. The maximum Gasteiger partial charge on any atom is 0.253 e. The number of carbonyl (C=O) groups excluding carboxylic acids is 1. The van der Waals surface area contributed by atoms with E-state index in [9.17, 15) is 14.4 Å². The van der Waals surface area contributed by atoms with Crippen molar-refractivity contribution in [1.82, 2.24) is 0 Å². The molecule has 0 bridgehead atoms. The fourth-order valence-corrected chi connectivity index (χ4v) is 4.87. The summed E-state index contributed by atoms with van der Waals surface area (Å²) in [7, 11) is 1.62. The standard InChI is InChI=1S/C25H33N3O4/c1-16-11-13-28(14-12-16)22-21(23(29)24(22)30)26-15-17-3-5-18(6-4-17)25(31)27-19-7-9-20(32-2)10-8-19/h7-10,16-18,26H,3-6,11-15H2,1-2H3,(H,27,31). The lowest BCUT2D eigenvalue weighted by Gasteiger charge is -2.34. The van der Waals surface area contributed by atoms with Crippen molar-refractivity contribution in [2.45, 2.75) is 45.4 Å². The summed E-state index contributed by atoms with van der Waals surface area (Å²) in [6, 6.07) is 7.35. The highest BCUT2D eigenvalue weighted by atomic mass is 16.5. The molecular weight excluding hydrogens is 406 g/mol. The molecule has 0 radical (unpaired) electrons. The van der Waals surface area contributed by atoms with Crippen molar-refractivity contribution >= 4 is 23.0 Å². The highest BCUT2D eigenvalue weighted by molar-refractivity contribution is 5.92. The zero-order valence-corrected chi connectivity index (χ0v) is 19.0. The quantitative estimate of drug-likeness (QED) is 0.643. The van der Waals surface area contributed by atoms with Crippen molar-refractivity contribution in [3.8, 4) is 5.75 Å². The minimum atomic E-state index is -0.383. The molecule has 2 N–H and O–H groups in total. The summed E-state index contributed by atoms with van der Waals surface area (Å²) in [5, 5.41) is 6.27. The number of ether oxygens (including phenoxy) is 1. The SMILES string of the molecule is COc1ccc(NC(=O)C2CCC(CNc3c(N4CCC(C)CC4)c(=O)c3=O)CC2)cc1. The zero-order valence-electron chi connectivity index (χ0n) is 19.0. The molecule has 4 rings (SSSR count). The number of hydrogen-bond donors (Lipinski definition) is 2. The van der Waals surface area contributed by atoms with Crippen molar-refractivity contribution in [2.75, 3.05) is 42.3 Å². The largest absolute Gasteiger partial charge is 0.497 e. The number of hydrogen-bond acceptors (Lipinski definition) is 6. The van der Waals surface area contributed by atoms with Crippen LogP contribution in [0.15, 0.2) is 33.9 Å². The number of rotatable bonds is 7. The second kappa shape index (κ2) is 9.76. The Bertz CT molecular complexity index is 993. The molecule has 7 nitrogen and oxygen atoms in total. The van der Waals surface area contributed by atoms with Crippen LogP contribution < -0.4 is 31.1 Å². The van der Waals surface area contributed by atoms with Gasteiger partial charge in [-0.05, 0) is 74.6 Å². The first-order valence-electron chi connectivity index (χ1n) is 11.7. The topological polar surface area (TPSA) is 87.7 Å². The van der Waals surface area contributed by atoms with E-state index in [4.69, 9.17) is 4.74 Å². The Balaban J connectivity index is 1.25. The molecule has 0 atom stereocenters. The van der Waals surface area contributed by atoms with Gasteiger partial charge in [0, 0.05) is 31.2 Å². The summed E-state index contributed by atoms with van der Waals surface area (Å²) >= 11 is 0. The van der Waals surface area contributed by atoms with Gasteiger partial charge >= 0.3 is 0 Å². The normalized spacial score (nSPS) is 22.0. The molecule has 7 heteroatoms. The molecule has 2 aliphatic rings. The minimum absolute atomic E-state index is 0.00498.